The molecule has 720 valence electrons. The van der Waals surface area contributed by atoms with E-state index in [1.54, 1.807) is 0 Å². The maximum Gasteiger partial charge on any atom is 0.495 e. The molecule has 9 heterocycles. The van der Waals surface area contributed by atoms with Crippen LogP contribution in [0.2, 0.25) is 5.28 Å². The van der Waals surface area contributed by atoms with Crippen LogP contribution in [0.1, 0.15) is 55.4 Å². The first kappa shape index (κ1) is 92.3. The van der Waals surface area contributed by atoms with E-state index in [0.717, 1.165) is 191 Å². The number of nitrogens with zero attached hydrogens (tertiary/aromatic N) is 13. The lowest BCUT2D eigenvalue weighted by Crippen LogP contribution is -2.41. The van der Waals surface area contributed by atoms with Crippen molar-refractivity contribution in [2.75, 3.05) is 19.6 Å². The van der Waals surface area contributed by atoms with Gasteiger partial charge in [0.15, 0.2) is 92.6 Å². The summed E-state index contributed by atoms with van der Waals surface area (Å²) >= 11 is 5.99. The van der Waals surface area contributed by atoms with E-state index in [-0.39, 0.29) is 5.28 Å². The summed E-state index contributed by atoms with van der Waals surface area (Å²) in [5.41, 5.74) is 17.1. The summed E-state index contributed by atoms with van der Waals surface area (Å²) < 4.78 is 53.7. The second kappa shape index (κ2) is 37.7. The number of halogens is 1. The van der Waals surface area contributed by atoms with Gasteiger partial charge < -0.3 is 57.2 Å². The van der Waals surface area contributed by atoms with Gasteiger partial charge in [0, 0.05) is 67.3 Å². The Labute approximate surface area is 867 Å². The molecule has 0 atom stereocenters. The number of benzene rings is 18. The molecule has 0 amide bonds. The summed E-state index contributed by atoms with van der Waals surface area (Å²) in [7, 11) is -1.36. The van der Waals surface area contributed by atoms with Gasteiger partial charge in [-0.05, 0) is 245 Å². The van der Waals surface area contributed by atoms with E-state index >= 15 is 0 Å². The summed E-state index contributed by atoms with van der Waals surface area (Å²) in [4.78, 5) is 53.7. The lowest BCUT2D eigenvalue weighted by molar-refractivity contribution is 0.00578. The highest BCUT2D eigenvalue weighted by atomic mass is 35.5. The first-order valence-electron chi connectivity index (χ1n) is 49.6. The van der Waals surface area contributed by atoms with Gasteiger partial charge in [-0.3, -0.25) is 0 Å². The van der Waals surface area contributed by atoms with Gasteiger partial charge in [-0.15, -0.1) is 0 Å². The molecule has 0 saturated carbocycles. The first-order chi connectivity index (χ1) is 72.7. The Morgan fingerprint density at radius 2 is 0.369 bits per heavy atom. The van der Waals surface area contributed by atoms with Crippen molar-refractivity contribution < 1.29 is 37.6 Å². The van der Waals surface area contributed by atoms with Gasteiger partial charge in [-0.25, -0.2) is 34.9 Å². The quantitative estimate of drug-likeness (QED) is 0.0929. The molecule has 3 aromatic heterocycles. The molecule has 21 aromatic rings. The molecule has 0 unspecified atom stereocenters. The van der Waals surface area contributed by atoms with Gasteiger partial charge in [-0.1, -0.05) is 279 Å². The van der Waals surface area contributed by atoms with Crippen LogP contribution in [-0.4, -0.2) is 81.5 Å². The van der Waals surface area contributed by atoms with Crippen LogP contribution in [0.3, 0.4) is 0 Å². The largest absolute Gasteiger partial charge is 0.495 e. The Bertz CT molecular complexity index is 7950. The second-order valence-electron chi connectivity index (χ2n) is 39.0. The predicted molar refractivity (Wildman–Crippen MR) is 593 cm³/mol. The molecule has 149 heavy (non-hydrogen) atoms. The number of hydrogen-bond acceptors (Lipinski definition) is 21. The van der Waals surface area contributed by atoms with E-state index < -0.39 is 36.6 Å². The van der Waals surface area contributed by atoms with Gasteiger partial charge in [0.25, 0.3) is 0 Å². The monoisotopic (exact) mass is 1960 g/mol. The van der Waals surface area contributed by atoms with E-state index in [0.29, 0.717) is 46.6 Å². The lowest BCUT2D eigenvalue weighted by Gasteiger charge is -2.34. The molecule has 0 bridgehead atoms. The summed E-state index contributed by atoms with van der Waals surface area (Å²) in [6, 6.07) is 142. The molecule has 18 aromatic carbocycles. The smallest absolute Gasteiger partial charge is 0.453 e. The minimum atomic E-state index is -0.681. The zero-order valence-electron chi connectivity index (χ0n) is 82.5. The van der Waals surface area contributed by atoms with Crippen LogP contribution in [0.15, 0.2) is 425 Å². The average molecular weight is 1960 g/mol. The van der Waals surface area contributed by atoms with Crippen molar-refractivity contribution in [3.63, 3.8) is 0 Å². The summed E-state index contributed by atoms with van der Waals surface area (Å²) in [5, 5.41) is 3.83. The molecule has 6 aliphatic heterocycles. The number of hydrogen-bond donors (Lipinski definition) is 0. The summed E-state index contributed by atoms with van der Waals surface area (Å²) in [6.07, 6.45) is 0. The van der Waals surface area contributed by atoms with E-state index in [4.69, 9.17) is 79.1 Å². The number of rotatable bonds is 14. The number of aromatic nitrogens is 9. The number of ether oxygens (including phenoxy) is 4. The van der Waals surface area contributed by atoms with Gasteiger partial charge in [-0.2, -0.15) is 9.97 Å². The summed E-state index contributed by atoms with van der Waals surface area (Å²) in [5.74, 6) is 10.3. The highest BCUT2D eigenvalue weighted by Crippen LogP contribution is 2.58. The molecule has 0 aliphatic carbocycles. The molecule has 6 aliphatic rings. The van der Waals surface area contributed by atoms with Gasteiger partial charge in [0.1, 0.15) is 0 Å². The SMILES string of the molecule is CC1(C)OB(c2cc(N3c4ccccc4Oc4ccccc43)cc3c(B4OC(C)(C)C(C)(C)O4)cc(N4c5ccccc5Oc5ccccc54)cc23)OC1(C)C.Clc1nc(-c2ccccc2)nc(-c2ccccc2)n1.c1ccc(-c2nc(-c3ccccc3)nc(-c3cc(N4c5ccccc5Oc5ccccc54)cc4c(-c5nc(-c6ccccc6)nc(-c6ccccc6)n5)cc(N5c6ccccc6Oc6ccccc65)cc34)n2)cc1. The van der Waals surface area contributed by atoms with Gasteiger partial charge in [0.2, 0.25) is 5.28 Å². The third kappa shape index (κ3) is 17.2. The fourth-order valence-electron chi connectivity index (χ4n) is 19.7. The first-order valence-corrected chi connectivity index (χ1v) is 49.9. The van der Waals surface area contributed by atoms with Gasteiger partial charge in [0.05, 0.1) is 67.9 Å². The van der Waals surface area contributed by atoms with Crippen LogP contribution in [-0.2, 0) is 18.6 Å². The molecule has 2 fully saturated rings. The van der Waals surface area contributed by atoms with Crippen molar-refractivity contribution in [2.45, 2.75) is 77.8 Å². The van der Waals surface area contributed by atoms with Crippen LogP contribution in [0.25, 0.3) is 113 Å². The zero-order valence-corrected chi connectivity index (χ0v) is 83.3. The van der Waals surface area contributed by atoms with Crippen LogP contribution in [0, 0.1) is 0 Å². The normalized spacial score (nSPS) is 14.7. The van der Waals surface area contributed by atoms with Crippen molar-refractivity contribution >= 4 is 127 Å². The molecular weight excluding hydrogens is 1870 g/mol. The second-order valence-corrected chi connectivity index (χ2v) is 39.3. The van der Waals surface area contributed by atoms with Crippen LogP contribution in [0.4, 0.5) is 68.2 Å². The predicted octanol–water partition coefficient (Wildman–Crippen LogP) is 30.8. The van der Waals surface area contributed by atoms with Crippen molar-refractivity contribution in [1.82, 2.24) is 44.9 Å². The van der Waals surface area contributed by atoms with Crippen molar-refractivity contribution in [2.24, 2.45) is 0 Å². The zero-order chi connectivity index (χ0) is 101. The molecule has 24 heteroatoms. The summed E-state index contributed by atoms with van der Waals surface area (Å²) in [6.45, 7) is 16.7. The lowest BCUT2D eigenvalue weighted by atomic mass is 9.70. The number of para-hydroxylation sites is 16. The van der Waals surface area contributed by atoms with E-state index in [2.05, 4.69) is 187 Å². The number of anilines is 12. The number of fused-ring (bicyclic) bond motifs is 10. The van der Waals surface area contributed by atoms with Crippen molar-refractivity contribution in [3.05, 3.63) is 430 Å². The Hall–Kier alpha value is -17.8. The van der Waals surface area contributed by atoms with E-state index in [1.165, 1.54) is 0 Å². The molecule has 21 nitrogen and oxygen atoms in total. The highest BCUT2D eigenvalue weighted by molar-refractivity contribution is 6.69. The molecule has 0 spiro atoms. The van der Waals surface area contributed by atoms with E-state index in [9.17, 15) is 0 Å². The fourth-order valence-corrected chi connectivity index (χ4v) is 19.9. The fraction of sp³-hybridized carbons (Fsp3) is 0.0960. The molecule has 0 N–H and O–H groups in total. The Morgan fingerprint density at radius 3 is 0.584 bits per heavy atom. The van der Waals surface area contributed by atoms with Crippen molar-refractivity contribution in [1.29, 1.82) is 0 Å². The Morgan fingerprint density at radius 1 is 0.195 bits per heavy atom. The molecule has 2 saturated heterocycles. The standard InChI is InChI=1S/C64H40N8O2.C46H44B2N2O6.C15H10ClN3/c1-5-21-41(22-6-1)59-65-60(42-23-7-2-8-24-42)68-63(67-59)49-39-45(71-51-29-13-17-33-55(51)73-56-34-18-14-30-52(56)71)38-48-47(49)37-46(72-53-31-15-19-35-57(53)74-58-36-20-16-32-54(58)72)40-50(48)64-69-61(43-25-9-3-10-26-43)66-62(70-64)44-27-11-4-12-28-44;1-43(2)44(3,4)54-47(53-43)33-27-29(49-35-17-9-13-21-39(35)51-40-22-14-10-18-36(40)49)26-32-31(33)25-30(28-34(32)48-55-45(5,6)46(7,8)56-48)50-37-19-11-15-23-41(37)52-42-24-16-12-20-38(42)50;16-15-18-13(11-7-3-1-4-8-11)17-14(19-15)12-9-5-2-6-10-12/h1-40H;9-28H,1-8H3;1-10H. The Balaban J connectivity index is 0.000000134. The van der Waals surface area contributed by atoms with Crippen LogP contribution >= 0.6 is 11.6 Å². The van der Waals surface area contributed by atoms with Crippen LogP contribution in [0.5, 0.6) is 46.0 Å². The van der Waals surface area contributed by atoms with Gasteiger partial charge >= 0.3 is 14.2 Å². The minimum absolute atomic E-state index is 0.202. The van der Waals surface area contributed by atoms with E-state index in [1.807, 2.05) is 328 Å². The Kier molecular flexibility index (Phi) is 23.3. The third-order valence-electron chi connectivity index (χ3n) is 28.5. The van der Waals surface area contributed by atoms with Crippen LogP contribution < -0.4 is 49.5 Å². The topological polar surface area (TPSA) is 203 Å². The average Bonchev–Trinajstić information content (AvgIpc) is 1.53. The maximum atomic E-state index is 6.91. The maximum absolute atomic E-state index is 6.91. The molecule has 0 radical (unpaired) electrons. The minimum Gasteiger partial charge on any atom is -0.453 e. The molecular formula is C125H94B2ClN13O8. The third-order valence-corrected chi connectivity index (χ3v) is 28.6. The molecule has 27 rings (SSSR count). The highest BCUT2D eigenvalue weighted by Gasteiger charge is 2.55. The van der Waals surface area contributed by atoms with Crippen molar-refractivity contribution in [3.8, 4) is 137 Å².